The fourth-order valence-electron chi connectivity index (χ4n) is 3.83. The summed E-state index contributed by atoms with van der Waals surface area (Å²) < 4.78 is 9.96. The number of nitrogens with zero attached hydrogens (tertiary/aromatic N) is 5. The molecular formula is C19H26N6O. The van der Waals surface area contributed by atoms with Gasteiger partial charge in [-0.15, -0.1) is 5.10 Å². The quantitative estimate of drug-likeness (QED) is 0.736. The number of benzene rings is 1. The number of ether oxygens (including phenoxy) is 1. The number of hydrogen-bond donors (Lipinski definition) is 1. The highest BCUT2D eigenvalue weighted by molar-refractivity contribution is 5.74. The number of fused-ring (bicyclic) bond motifs is 1. The van der Waals surface area contributed by atoms with Gasteiger partial charge in [0.05, 0.1) is 11.2 Å². The summed E-state index contributed by atoms with van der Waals surface area (Å²) in [5.74, 6) is 0.464. The summed E-state index contributed by atoms with van der Waals surface area (Å²) >= 11 is 0. The third-order valence-corrected chi connectivity index (χ3v) is 5.20. The van der Waals surface area contributed by atoms with E-state index >= 15 is 0 Å². The topological polar surface area (TPSA) is 69.8 Å². The molecule has 4 rings (SSSR count). The molecule has 0 unspecified atom stereocenters. The van der Waals surface area contributed by atoms with Crippen molar-refractivity contribution < 1.29 is 4.74 Å². The maximum atomic E-state index is 6.12. The molecule has 138 valence electrons. The van der Waals surface area contributed by atoms with Gasteiger partial charge in [0.25, 0.3) is 0 Å². The van der Waals surface area contributed by atoms with Crippen LogP contribution in [0.25, 0.3) is 11.0 Å². The zero-order chi connectivity index (χ0) is 17.9. The fourth-order valence-corrected chi connectivity index (χ4v) is 3.83. The second kappa shape index (κ2) is 7.55. The first-order valence-electron chi connectivity index (χ1n) is 9.38. The SMILES string of the molecule is CCn1nccc1[C@@H]1OCCC[C@H]1CNCc1ccc2c(c1)nnn2C. The molecule has 0 aliphatic carbocycles. The Kier molecular flexibility index (Phi) is 4.99. The predicted molar refractivity (Wildman–Crippen MR) is 99.5 cm³/mol. The standard InChI is InChI=1S/C19H26N6O/c1-3-25-18(8-9-21-25)19-15(5-4-10-26-19)13-20-12-14-6-7-17-16(11-14)22-23-24(17)2/h6-9,11,15,19-20H,3-5,10,12-13H2,1-2H3/t15-,19+/m0/s1. The lowest BCUT2D eigenvalue weighted by atomic mass is 9.92. The van der Waals surface area contributed by atoms with Gasteiger partial charge in [0.15, 0.2) is 0 Å². The molecule has 26 heavy (non-hydrogen) atoms. The van der Waals surface area contributed by atoms with Crippen molar-refractivity contribution in [2.45, 2.75) is 39.0 Å². The van der Waals surface area contributed by atoms with Gasteiger partial charge in [0.1, 0.15) is 11.6 Å². The van der Waals surface area contributed by atoms with E-state index in [1.165, 1.54) is 17.7 Å². The van der Waals surface area contributed by atoms with E-state index in [-0.39, 0.29) is 6.10 Å². The van der Waals surface area contributed by atoms with E-state index in [1.807, 2.05) is 17.9 Å². The van der Waals surface area contributed by atoms with Crippen molar-refractivity contribution in [3.05, 3.63) is 41.7 Å². The highest BCUT2D eigenvalue weighted by Crippen LogP contribution is 2.33. The Hall–Kier alpha value is -2.25. The van der Waals surface area contributed by atoms with Gasteiger partial charge in [0.2, 0.25) is 0 Å². The summed E-state index contributed by atoms with van der Waals surface area (Å²) in [6.07, 6.45) is 4.29. The normalized spacial score (nSPS) is 20.7. The Morgan fingerprint density at radius 1 is 1.31 bits per heavy atom. The average molecular weight is 354 g/mol. The predicted octanol–water partition coefficient (Wildman–Crippen LogP) is 2.44. The molecule has 0 saturated carbocycles. The van der Waals surface area contributed by atoms with Crippen molar-refractivity contribution in [2.75, 3.05) is 13.2 Å². The Morgan fingerprint density at radius 2 is 2.23 bits per heavy atom. The van der Waals surface area contributed by atoms with Gasteiger partial charge in [-0.1, -0.05) is 11.3 Å². The molecule has 3 heterocycles. The number of nitrogens with one attached hydrogen (secondary N) is 1. The van der Waals surface area contributed by atoms with E-state index in [1.54, 1.807) is 4.68 Å². The lowest BCUT2D eigenvalue weighted by Gasteiger charge is -2.32. The van der Waals surface area contributed by atoms with Gasteiger partial charge >= 0.3 is 0 Å². The van der Waals surface area contributed by atoms with Crippen molar-refractivity contribution in [3.63, 3.8) is 0 Å². The second-order valence-corrected chi connectivity index (χ2v) is 6.93. The van der Waals surface area contributed by atoms with Crippen LogP contribution in [0.15, 0.2) is 30.5 Å². The molecule has 1 N–H and O–H groups in total. The van der Waals surface area contributed by atoms with Crippen molar-refractivity contribution in [2.24, 2.45) is 13.0 Å². The molecule has 1 aliphatic heterocycles. The molecule has 2 aromatic heterocycles. The van der Waals surface area contributed by atoms with Crippen LogP contribution in [0.2, 0.25) is 0 Å². The van der Waals surface area contributed by atoms with Crippen LogP contribution < -0.4 is 5.32 Å². The highest BCUT2D eigenvalue weighted by Gasteiger charge is 2.29. The largest absolute Gasteiger partial charge is 0.372 e. The first-order valence-corrected chi connectivity index (χ1v) is 9.38. The van der Waals surface area contributed by atoms with Crippen LogP contribution in [0, 0.1) is 5.92 Å². The van der Waals surface area contributed by atoms with Gasteiger partial charge in [-0.05, 0) is 43.5 Å². The van der Waals surface area contributed by atoms with Crippen LogP contribution in [0.5, 0.6) is 0 Å². The number of aromatic nitrogens is 5. The van der Waals surface area contributed by atoms with E-state index < -0.39 is 0 Å². The number of rotatable bonds is 6. The summed E-state index contributed by atoms with van der Waals surface area (Å²) in [7, 11) is 1.91. The van der Waals surface area contributed by atoms with E-state index in [9.17, 15) is 0 Å². The number of aryl methyl sites for hydroxylation is 2. The summed E-state index contributed by atoms with van der Waals surface area (Å²) in [4.78, 5) is 0. The van der Waals surface area contributed by atoms with Crippen LogP contribution in [-0.4, -0.2) is 37.9 Å². The van der Waals surface area contributed by atoms with E-state index in [2.05, 4.69) is 51.9 Å². The maximum absolute atomic E-state index is 6.12. The minimum absolute atomic E-state index is 0.126. The highest BCUT2D eigenvalue weighted by atomic mass is 16.5. The summed E-state index contributed by atoms with van der Waals surface area (Å²) in [5.41, 5.74) is 4.42. The minimum Gasteiger partial charge on any atom is -0.372 e. The molecule has 0 amide bonds. The third kappa shape index (κ3) is 3.37. The lowest BCUT2D eigenvalue weighted by molar-refractivity contribution is -0.0327. The average Bonchev–Trinajstić information content (AvgIpc) is 3.29. The Morgan fingerprint density at radius 3 is 3.12 bits per heavy atom. The first kappa shape index (κ1) is 17.2. The summed E-state index contributed by atoms with van der Waals surface area (Å²) in [6.45, 7) is 5.58. The molecular weight excluding hydrogens is 328 g/mol. The van der Waals surface area contributed by atoms with Gasteiger partial charge < -0.3 is 10.1 Å². The van der Waals surface area contributed by atoms with E-state index in [0.29, 0.717) is 5.92 Å². The summed E-state index contributed by atoms with van der Waals surface area (Å²) in [5, 5.41) is 16.3. The fraction of sp³-hybridized carbons (Fsp3) is 0.526. The zero-order valence-electron chi connectivity index (χ0n) is 15.4. The van der Waals surface area contributed by atoms with E-state index in [4.69, 9.17) is 4.74 Å². The molecule has 3 aromatic rings. The smallest absolute Gasteiger partial charge is 0.113 e. The molecule has 1 aromatic carbocycles. The molecule has 1 aliphatic rings. The Bertz CT molecular complexity index is 870. The van der Waals surface area contributed by atoms with Crippen molar-refractivity contribution >= 4 is 11.0 Å². The van der Waals surface area contributed by atoms with Gasteiger partial charge in [0, 0.05) is 45.4 Å². The molecule has 7 nitrogen and oxygen atoms in total. The van der Waals surface area contributed by atoms with Crippen LogP contribution in [-0.2, 0) is 24.9 Å². The van der Waals surface area contributed by atoms with E-state index in [0.717, 1.165) is 43.7 Å². The van der Waals surface area contributed by atoms with Gasteiger partial charge in [-0.25, -0.2) is 4.68 Å². The zero-order valence-corrected chi connectivity index (χ0v) is 15.4. The third-order valence-electron chi connectivity index (χ3n) is 5.20. The molecule has 0 radical (unpaired) electrons. The second-order valence-electron chi connectivity index (χ2n) is 6.93. The molecule has 0 bridgehead atoms. The van der Waals surface area contributed by atoms with Crippen molar-refractivity contribution in [1.82, 2.24) is 30.1 Å². The van der Waals surface area contributed by atoms with Crippen LogP contribution in [0.3, 0.4) is 0 Å². The van der Waals surface area contributed by atoms with Crippen molar-refractivity contribution in [3.8, 4) is 0 Å². The maximum Gasteiger partial charge on any atom is 0.113 e. The van der Waals surface area contributed by atoms with Crippen molar-refractivity contribution in [1.29, 1.82) is 0 Å². The summed E-state index contributed by atoms with van der Waals surface area (Å²) in [6, 6.07) is 8.42. The first-order chi connectivity index (χ1) is 12.8. The molecule has 1 saturated heterocycles. The lowest BCUT2D eigenvalue weighted by Crippen LogP contribution is -2.32. The molecule has 2 atom stereocenters. The van der Waals surface area contributed by atoms with Gasteiger partial charge in [-0.2, -0.15) is 5.10 Å². The van der Waals surface area contributed by atoms with Crippen LogP contribution >= 0.6 is 0 Å². The van der Waals surface area contributed by atoms with Crippen LogP contribution in [0.1, 0.15) is 37.1 Å². The van der Waals surface area contributed by atoms with Crippen LogP contribution in [0.4, 0.5) is 0 Å². The Balaban J connectivity index is 1.40. The molecule has 7 heteroatoms. The molecule has 0 spiro atoms. The number of hydrogen-bond acceptors (Lipinski definition) is 5. The minimum atomic E-state index is 0.126. The molecule has 1 fully saturated rings. The Labute approximate surface area is 153 Å². The monoisotopic (exact) mass is 354 g/mol. The van der Waals surface area contributed by atoms with Gasteiger partial charge in [-0.3, -0.25) is 4.68 Å².